The summed E-state index contributed by atoms with van der Waals surface area (Å²) in [6.45, 7) is 8.11. The quantitative estimate of drug-likeness (QED) is 0.872. The van der Waals surface area contributed by atoms with E-state index >= 15 is 0 Å². The first kappa shape index (κ1) is 17.7. The summed E-state index contributed by atoms with van der Waals surface area (Å²) in [5.41, 5.74) is 2.02. The Balaban J connectivity index is 1.61. The van der Waals surface area contributed by atoms with Crippen LogP contribution in [0, 0.1) is 13.8 Å². The van der Waals surface area contributed by atoms with E-state index in [1.165, 1.54) is 0 Å². The van der Waals surface area contributed by atoms with Gasteiger partial charge in [0.2, 0.25) is 0 Å². The number of aromatic nitrogens is 2. The number of para-hydroxylation sites is 1. The van der Waals surface area contributed by atoms with Crippen molar-refractivity contribution in [2.24, 2.45) is 0 Å². The fourth-order valence-electron chi connectivity index (χ4n) is 3.63. The van der Waals surface area contributed by atoms with Crippen molar-refractivity contribution in [1.82, 2.24) is 15.3 Å². The highest BCUT2D eigenvalue weighted by atomic mass is 16.3. The van der Waals surface area contributed by atoms with Crippen LogP contribution in [-0.4, -0.2) is 34.2 Å². The average molecular weight is 340 g/mol. The van der Waals surface area contributed by atoms with E-state index < -0.39 is 0 Å². The normalized spacial score (nSPS) is 16.8. The summed E-state index contributed by atoms with van der Waals surface area (Å²) in [4.78, 5) is 11.3. The molecule has 5 heteroatoms. The number of anilines is 1. The van der Waals surface area contributed by atoms with Crippen molar-refractivity contribution in [1.29, 1.82) is 0 Å². The summed E-state index contributed by atoms with van der Waals surface area (Å²) in [6.07, 6.45) is 3.11. The van der Waals surface area contributed by atoms with Crippen LogP contribution in [0.4, 0.5) is 5.82 Å². The SMILES string of the molecule is CC[C@H](NC1CCN(c2cc(C)nc(C)n2)CC1)c1ccccc1O. The van der Waals surface area contributed by atoms with E-state index in [2.05, 4.69) is 33.2 Å². The molecule has 3 rings (SSSR count). The second kappa shape index (κ2) is 7.83. The summed E-state index contributed by atoms with van der Waals surface area (Å²) in [5.74, 6) is 2.25. The Bertz CT molecular complexity index is 690. The molecular weight excluding hydrogens is 312 g/mol. The fraction of sp³-hybridized carbons (Fsp3) is 0.500. The Kier molecular flexibility index (Phi) is 5.53. The average Bonchev–Trinajstić information content (AvgIpc) is 2.60. The van der Waals surface area contributed by atoms with Crippen molar-refractivity contribution < 1.29 is 5.11 Å². The summed E-state index contributed by atoms with van der Waals surface area (Å²) in [5, 5.41) is 13.9. The van der Waals surface area contributed by atoms with Crippen LogP contribution in [0.15, 0.2) is 30.3 Å². The van der Waals surface area contributed by atoms with Gasteiger partial charge in [-0.05, 0) is 39.2 Å². The smallest absolute Gasteiger partial charge is 0.132 e. The van der Waals surface area contributed by atoms with Crippen LogP contribution in [0.5, 0.6) is 5.75 Å². The highest BCUT2D eigenvalue weighted by Crippen LogP contribution is 2.28. The largest absolute Gasteiger partial charge is 0.508 e. The third kappa shape index (κ3) is 4.28. The minimum Gasteiger partial charge on any atom is -0.508 e. The number of phenolic OH excluding ortho intramolecular Hbond substituents is 1. The Labute approximate surface area is 150 Å². The monoisotopic (exact) mass is 340 g/mol. The van der Waals surface area contributed by atoms with Gasteiger partial charge in [-0.3, -0.25) is 0 Å². The van der Waals surface area contributed by atoms with Crippen molar-refractivity contribution in [2.45, 2.75) is 52.1 Å². The first-order chi connectivity index (χ1) is 12.1. The summed E-state index contributed by atoms with van der Waals surface area (Å²) in [6, 6.07) is 10.4. The molecule has 0 amide bonds. The van der Waals surface area contributed by atoms with Crippen molar-refractivity contribution in [2.75, 3.05) is 18.0 Å². The third-order valence-corrected chi connectivity index (χ3v) is 4.93. The van der Waals surface area contributed by atoms with Crippen LogP contribution in [0.2, 0.25) is 0 Å². The first-order valence-corrected chi connectivity index (χ1v) is 9.18. The Morgan fingerprint density at radius 3 is 2.56 bits per heavy atom. The number of nitrogens with one attached hydrogen (secondary N) is 1. The molecule has 1 aliphatic heterocycles. The van der Waals surface area contributed by atoms with E-state index in [1.807, 2.05) is 32.0 Å². The lowest BCUT2D eigenvalue weighted by Gasteiger charge is -2.35. The standard InChI is InChI=1S/C20H28N4O/c1-4-18(17-7-5-6-8-19(17)25)23-16-9-11-24(12-10-16)20-13-14(2)21-15(3)22-20/h5-8,13,16,18,23,25H,4,9-12H2,1-3H3/t18-/m0/s1. The Morgan fingerprint density at radius 1 is 1.20 bits per heavy atom. The molecule has 134 valence electrons. The van der Waals surface area contributed by atoms with Gasteiger partial charge in [-0.25, -0.2) is 9.97 Å². The molecule has 5 nitrogen and oxygen atoms in total. The van der Waals surface area contributed by atoms with Gasteiger partial charge in [0, 0.05) is 42.5 Å². The van der Waals surface area contributed by atoms with Crippen molar-refractivity contribution in [3.8, 4) is 5.75 Å². The van der Waals surface area contributed by atoms with Gasteiger partial charge in [0.05, 0.1) is 0 Å². The number of nitrogens with zero attached hydrogens (tertiary/aromatic N) is 3. The molecule has 1 fully saturated rings. The van der Waals surface area contributed by atoms with Crippen molar-refractivity contribution in [3.63, 3.8) is 0 Å². The van der Waals surface area contributed by atoms with E-state index in [4.69, 9.17) is 0 Å². The van der Waals surface area contributed by atoms with E-state index in [0.29, 0.717) is 11.8 Å². The lowest BCUT2D eigenvalue weighted by atomic mass is 9.98. The predicted molar refractivity (Wildman–Crippen MR) is 101 cm³/mol. The Morgan fingerprint density at radius 2 is 1.92 bits per heavy atom. The zero-order valence-corrected chi connectivity index (χ0v) is 15.4. The summed E-state index contributed by atoms with van der Waals surface area (Å²) >= 11 is 0. The highest BCUT2D eigenvalue weighted by Gasteiger charge is 2.23. The van der Waals surface area contributed by atoms with Crippen LogP contribution in [0.3, 0.4) is 0 Å². The van der Waals surface area contributed by atoms with Crippen LogP contribution in [0.1, 0.15) is 49.3 Å². The fourth-order valence-corrected chi connectivity index (χ4v) is 3.63. The maximum atomic E-state index is 10.1. The second-order valence-electron chi connectivity index (χ2n) is 6.86. The van der Waals surface area contributed by atoms with Crippen LogP contribution < -0.4 is 10.2 Å². The molecule has 2 heterocycles. The van der Waals surface area contributed by atoms with E-state index in [9.17, 15) is 5.11 Å². The third-order valence-electron chi connectivity index (χ3n) is 4.93. The van der Waals surface area contributed by atoms with Crippen molar-refractivity contribution >= 4 is 5.82 Å². The molecule has 0 aliphatic carbocycles. The molecule has 1 saturated heterocycles. The molecule has 0 saturated carbocycles. The van der Waals surface area contributed by atoms with Gasteiger partial charge in [-0.15, -0.1) is 0 Å². The molecule has 1 atom stereocenters. The number of hydrogen-bond acceptors (Lipinski definition) is 5. The molecule has 2 aromatic rings. The number of rotatable bonds is 5. The van der Waals surface area contributed by atoms with E-state index in [1.54, 1.807) is 6.07 Å². The molecule has 0 radical (unpaired) electrons. The van der Waals surface area contributed by atoms with Gasteiger partial charge >= 0.3 is 0 Å². The molecule has 1 aromatic heterocycles. The second-order valence-corrected chi connectivity index (χ2v) is 6.86. The number of piperidine rings is 1. The minimum absolute atomic E-state index is 0.196. The molecule has 1 aliphatic rings. The number of aromatic hydroxyl groups is 1. The van der Waals surface area contributed by atoms with Crippen LogP contribution in [-0.2, 0) is 0 Å². The molecular formula is C20H28N4O. The highest BCUT2D eigenvalue weighted by molar-refractivity contribution is 5.40. The van der Waals surface area contributed by atoms with E-state index in [0.717, 1.165) is 55.3 Å². The number of hydrogen-bond donors (Lipinski definition) is 2. The van der Waals surface area contributed by atoms with Crippen LogP contribution in [0.25, 0.3) is 0 Å². The lowest BCUT2D eigenvalue weighted by molar-refractivity contribution is 0.355. The topological polar surface area (TPSA) is 61.3 Å². The summed E-state index contributed by atoms with van der Waals surface area (Å²) in [7, 11) is 0. The molecule has 25 heavy (non-hydrogen) atoms. The van der Waals surface area contributed by atoms with Gasteiger partial charge in [-0.1, -0.05) is 25.1 Å². The van der Waals surface area contributed by atoms with Gasteiger partial charge in [0.15, 0.2) is 0 Å². The molecule has 2 N–H and O–H groups in total. The van der Waals surface area contributed by atoms with Gasteiger partial charge in [0.1, 0.15) is 17.4 Å². The Hall–Kier alpha value is -2.14. The number of benzene rings is 1. The minimum atomic E-state index is 0.196. The predicted octanol–water partition coefficient (Wildman–Crippen LogP) is 3.51. The molecule has 1 aromatic carbocycles. The number of phenols is 1. The van der Waals surface area contributed by atoms with Crippen LogP contribution >= 0.6 is 0 Å². The molecule has 0 unspecified atom stereocenters. The zero-order valence-electron chi connectivity index (χ0n) is 15.4. The molecule has 0 bridgehead atoms. The summed E-state index contributed by atoms with van der Waals surface area (Å²) < 4.78 is 0. The zero-order chi connectivity index (χ0) is 17.8. The van der Waals surface area contributed by atoms with Gasteiger partial charge in [-0.2, -0.15) is 0 Å². The lowest BCUT2D eigenvalue weighted by Crippen LogP contribution is -2.44. The first-order valence-electron chi connectivity index (χ1n) is 9.18. The maximum Gasteiger partial charge on any atom is 0.132 e. The van der Waals surface area contributed by atoms with Gasteiger partial charge < -0.3 is 15.3 Å². The van der Waals surface area contributed by atoms with E-state index in [-0.39, 0.29) is 6.04 Å². The number of aryl methyl sites for hydroxylation is 2. The molecule has 0 spiro atoms. The van der Waals surface area contributed by atoms with Crippen molar-refractivity contribution in [3.05, 3.63) is 47.4 Å². The maximum absolute atomic E-state index is 10.1. The van der Waals surface area contributed by atoms with Gasteiger partial charge in [0.25, 0.3) is 0 Å².